The molecule has 4 bridgehead atoms. The summed E-state index contributed by atoms with van der Waals surface area (Å²) >= 11 is 0. The van der Waals surface area contributed by atoms with Crippen molar-refractivity contribution in [2.24, 2.45) is 23.7 Å². The largest absolute Gasteiger partial charge is 0.456 e. The third kappa shape index (κ3) is 2.16. The van der Waals surface area contributed by atoms with E-state index in [2.05, 4.69) is 27.0 Å². The molecule has 4 nitrogen and oxygen atoms in total. The standard InChI is InChI=1S/C18H26O4/c1-5-15(19)21-17(3)11-7-13-9-12(17)10-14(8-11)18(13,4)22-16(20)6-2/h5-6,11-15,19H,1-2,7-10H2,3-4H3. The molecule has 0 aliphatic heterocycles. The summed E-state index contributed by atoms with van der Waals surface area (Å²) in [5, 5.41) is 9.84. The maximum atomic E-state index is 11.7. The second kappa shape index (κ2) is 5.20. The number of carbonyl (C=O) groups excluding carboxylic acids is 1. The Kier molecular flexibility index (Phi) is 3.73. The van der Waals surface area contributed by atoms with Crippen LogP contribution >= 0.6 is 0 Å². The highest BCUT2D eigenvalue weighted by Gasteiger charge is 2.64. The molecule has 4 saturated carbocycles. The van der Waals surface area contributed by atoms with Crippen LogP contribution in [0, 0.1) is 23.7 Å². The topological polar surface area (TPSA) is 55.8 Å². The van der Waals surface area contributed by atoms with Gasteiger partial charge in [-0.05, 0) is 69.3 Å². The van der Waals surface area contributed by atoms with Gasteiger partial charge in [0.05, 0.1) is 5.60 Å². The fourth-order valence-electron chi connectivity index (χ4n) is 5.22. The van der Waals surface area contributed by atoms with Crippen LogP contribution in [0.3, 0.4) is 0 Å². The van der Waals surface area contributed by atoms with Crippen molar-refractivity contribution in [1.29, 1.82) is 0 Å². The first kappa shape index (κ1) is 15.8. The molecular formula is C18H26O4. The number of ether oxygens (including phenoxy) is 2. The minimum absolute atomic E-state index is 0.301. The van der Waals surface area contributed by atoms with Crippen LogP contribution in [0.25, 0.3) is 0 Å². The van der Waals surface area contributed by atoms with E-state index in [4.69, 9.17) is 9.47 Å². The van der Waals surface area contributed by atoms with Crippen molar-refractivity contribution in [3.63, 3.8) is 0 Å². The number of esters is 1. The molecule has 1 unspecified atom stereocenters. The molecule has 0 aromatic heterocycles. The molecule has 4 aliphatic rings. The second-order valence-electron chi connectivity index (χ2n) is 7.47. The lowest BCUT2D eigenvalue weighted by molar-refractivity contribution is -0.283. The van der Waals surface area contributed by atoms with Gasteiger partial charge in [-0.1, -0.05) is 13.2 Å². The summed E-state index contributed by atoms with van der Waals surface area (Å²) < 4.78 is 11.7. The first-order chi connectivity index (χ1) is 10.3. The maximum Gasteiger partial charge on any atom is 0.330 e. The Morgan fingerprint density at radius 1 is 1.09 bits per heavy atom. The Hall–Kier alpha value is -1.13. The van der Waals surface area contributed by atoms with Gasteiger partial charge in [-0.2, -0.15) is 0 Å². The van der Waals surface area contributed by atoms with E-state index in [1.165, 1.54) is 12.2 Å². The van der Waals surface area contributed by atoms with E-state index >= 15 is 0 Å². The zero-order valence-corrected chi connectivity index (χ0v) is 13.5. The maximum absolute atomic E-state index is 11.7. The Morgan fingerprint density at radius 2 is 1.55 bits per heavy atom. The lowest BCUT2D eigenvalue weighted by Gasteiger charge is -2.65. The second-order valence-corrected chi connectivity index (χ2v) is 7.47. The fraction of sp³-hybridized carbons (Fsp3) is 0.722. The SMILES string of the molecule is C=CC(=O)OC1(C)C2CC3CC1CC(C2)C3(C)OC(O)C=C. The van der Waals surface area contributed by atoms with Gasteiger partial charge in [0.1, 0.15) is 5.60 Å². The summed E-state index contributed by atoms with van der Waals surface area (Å²) in [7, 11) is 0. The number of aliphatic hydroxyl groups excluding tert-OH is 1. The molecule has 0 radical (unpaired) electrons. The van der Waals surface area contributed by atoms with E-state index in [0.717, 1.165) is 25.7 Å². The summed E-state index contributed by atoms with van der Waals surface area (Å²) in [6, 6.07) is 0. The minimum Gasteiger partial charge on any atom is -0.456 e. The molecule has 0 aromatic rings. The molecule has 4 rings (SSSR count). The average Bonchev–Trinajstić information content (AvgIpc) is 2.45. The molecule has 4 fully saturated rings. The van der Waals surface area contributed by atoms with E-state index in [-0.39, 0.29) is 17.2 Å². The molecule has 4 aliphatic carbocycles. The summed E-state index contributed by atoms with van der Waals surface area (Å²) in [6.07, 6.45) is 5.70. The lowest BCUT2D eigenvalue weighted by atomic mass is 9.45. The Bertz CT molecular complexity index is 465. The Labute approximate surface area is 132 Å². The van der Waals surface area contributed by atoms with Gasteiger partial charge < -0.3 is 14.6 Å². The molecule has 0 heterocycles. The quantitative estimate of drug-likeness (QED) is 0.367. The molecule has 22 heavy (non-hydrogen) atoms. The summed E-state index contributed by atoms with van der Waals surface area (Å²) in [4.78, 5) is 11.7. The van der Waals surface area contributed by atoms with E-state index < -0.39 is 6.29 Å². The third-order valence-corrected chi connectivity index (χ3v) is 6.58. The molecule has 1 N–H and O–H groups in total. The monoisotopic (exact) mass is 306 g/mol. The van der Waals surface area contributed by atoms with Gasteiger partial charge in [-0.3, -0.25) is 0 Å². The predicted octanol–water partition coefficient (Wildman–Crippen LogP) is 2.82. The number of carbonyl (C=O) groups is 1. The highest BCUT2D eigenvalue weighted by atomic mass is 16.6. The van der Waals surface area contributed by atoms with Gasteiger partial charge in [0.2, 0.25) is 0 Å². The molecular weight excluding hydrogens is 280 g/mol. The summed E-state index contributed by atoms with van der Waals surface area (Å²) in [5.41, 5.74) is -0.680. The molecule has 4 heteroatoms. The fourth-order valence-corrected chi connectivity index (χ4v) is 5.22. The summed E-state index contributed by atoms with van der Waals surface area (Å²) in [6.45, 7) is 11.3. The van der Waals surface area contributed by atoms with Crippen LogP contribution in [0.5, 0.6) is 0 Å². The van der Waals surface area contributed by atoms with Crippen LogP contribution in [-0.4, -0.2) is 28.6 Å². The number of rotatable bonds is 5. The molecule has 0 aromatic carbocycles. The van der Waals surface area contributed by atoms with Gasteiger partial charge in [-0.25, -0.2) is 4.79 Å². The predicted molar refractivity (Wildman–Crippen MR) is 82.8 cm³/mol. The average molecular weight is 306 g/mol. The van der Waals surface area contributed by atoms with Crippen molar-refractivity contribution in [3.8, 4) is 0 Å². The van der Waals surface area contributed by atoms with Crippen molar-refractivity contribution in [1.82, 2.24) is 0 Å². The highest BCUT2D eigenvalue weighted by molar-refractivity contribution is 5.81. The van der Waals surface area contributed by atoms with E-state index in [1.54, 1.807) is 0 Å². The zero-order valence-electron chi connectivity index (χ0n) is 13.5. The van der Waals surface area contributed by atoms with Gasteiger partial charge in [0.25, 0.3) is 0 Å². The Balaban J connectivity index is 1.81. The van der Waals surface area contributed by atoms with Gasteiger partial charge >= 0.3 is 5.97 Å². The van der Waals surface area contributed by atoms with Crippen molar-refractivity contribution in [2.75, 3.05) is 0 Å². The van der Waals surface area contributed by atoms with Gasteiger partial charge in [-0.15, -0.1) is 0 Å². The molecule has 122 valence electrons. The van der Waals surface area contributed by atoms with Crippen LogP contribution < -0.4 is 0 Å². The van der Waals surface area contributed by atoms with Crippen molar-refractivity contribution in [3.05, 3.63) is 25.3 Å². The number of hydrogen-bond acceptors (Lipinski definition) is 4. The van der Waals surface area contributed by atoms with E-state index in [0.29, 0.717) is 23.7 Å². The molecule has 0 amide bonds. The first-order valence-corrected chi connectivity index (χ1v) is 8.17. The van der Waals surface area contributed by atoms with Crippen molar-refractivity contribution < 1.29 is 19.4 Å². The highest BCUT2D eigenvalue weighted by Crippen LogP contribution is 2.64. The van der Waals surface area contributed by atoms with Crippen LogP contribution in [0.1, 0.15) is 39.5 Å². The normalized spacial score (nSPS) is 47.0. The lowest BCUT2D eigenvalue weighted by Crippen LogP contribution is -2.66. The number of hydrogen-bond donors (Lipinski definition) is 1. The van der Waals surface area contributed by atoms with Crippen LogP contribution in [-0.2, 0) is 14.3 Å². The van der Waals surface area contributed by atoms with Crippen LogP contribution in [0.4, 0.5) is 0 Å². The van der Waals surface area contributed by atoms with E-state index in [9.17, 15) is 9.90 Å². The number of aliphatic hydroxyl groups is 1. The third-order valence-electron chi connectivity index (χ3n) is 6.58. The van der Waals surface area contributed by atoms with Crippen LogP contribution in [0.2, 0.25) is 0 Å². The molecule has 1 atom stereocenters. The Morgan fingerprint density at radius 3 is 1.95 bits per heavy atom. The van der Waals surface area contributed by atoms with Gasteiger partial charge in [0.15, 0.2) is 6.29 Å². The smallest absolute Gasteiger partial charge is 0.330 e. The zero-order chi connectivity index (χ0) is 16.1. The van der Waals surface area contributed by atoms with Crippen molar-refractivity contribution >= 4 is 5.97 Å². The minimum atomic E-state index is -0.910. The van der Waals surface area contributed by atoms with E-state index in [1.807, 2.05) is 0 Å². The molecule has 0 saturated heterocycles. The molecule has 0 spiro atoms. The van der Waals surface area contributed by atoms with Gasteiger partial charge in [0, 0.05) is 6.08 Å². The summed E-state index contributed by atoms with van der Waals surface area (Å²) in [5.74, 6) is 1.23. The first-order valence-electron chi connectivity index (χ1n) is 8.17. The van der Waals surface area contributed by atoms with Crippen molar-refractivity contribution in [2.45, 2.75) is 57.0 Å². The van der Waals surface area contributed by atoms with Crippen LogP contribution in [0.15, 0.2) is 25.3 Å².